The fourth-order valence-electron chi connectivity index (χ4n) is 3.98. The molecule has 0 saturated carbocycles. The van der Waals surface area contributed by atoms with Gasteiger partial charge in [-0.15, -0.1) is 0 Å². The van der Waals surface area contributed by atoms with E-state index in [0.717, 1.165) is 16.7 Å². The summed E-state index contributed by atoms with van der Waals surface area (Å²) in [6, 6.07) is 4.37. The topological polar surface area (TPSA) is 55.3 Å². The Hall–Kier alpha value is -2.36. The molecule has 1 amide bonds. The Morgan fingerprint density at radius 1 is 1.16 bits per heavy atom. The van der Waals surface area contributed by atoms with Crippen LogP contribution in [0.25, 0.3) is 11.3 Å². The number of nitrogens with zero attached hydrogens (tertiary/aromatic N) is 3. The number of rotatable bonds is 2. The smallest absolute Gasteiger partial charge is 0.410 e. The Balaban J connectivity index is 1.74. The molecule has 4 rings (SSSR count). The standard InChI is InChI=1S/C22H23F4N3O2S/c1-20(2,3)31-19(30)29-10-13-6-5-12(9-15(13)22(25,26)11-29)16-14-7-8-21(23,24)17(14)28-18(27-16)32-4/h5-6,9H,7-8,10-11H2,1-4H3. The highest BCUT2D eigenvalue weighted by atomic mass is 32.2. The van der Waals surface area contributed by atoms with E-state index in [1.54, 1.807) is 33.1 Å². The first-order valence-electron chi connectivity index (χ1n) is 10.1. The molecule has 0 atom stereocenters. The Labute approximate surface area is 187 Å². The van der Waals surface area contributed by atoms with Crippen molar-refractivity contribution < 1.29 is 27.1 Å². The van der Waals surface area contributed by atoms with Crippen molar-refractivity contribution in [3.63, 3.8) is 0 Å². The second-order valence-corrected chi connectivity index (χ2v) is 9.78. The van der Waals surface area contributed by atoms with Gasteiger partial charge in [-0.1, -0.05) is 23.9 Å². The van der Waals surface area contributed by atoms with E-state index in [1.807, 2.05) is 0 Å². The SMILES string of the molecule is CSc1nc(-c2ccc3c(c2)C(F)(F)CN(C(=O)OC(C)(C)C)C3)c2c(n1)C(F)(F)CC2. The zero-order valence-electron chi connectivity index (χ0n) is 18.1. The minimum absolute atomic E-state index is 0.0316. The Bertz CT molecular complexity index is 1090. The number of halogens is 4. The first-order chi connectivity index (χ1) is 14.8. The summed E-state index contributed by atoms with van der Waals surface area (Å²) in [5.74, 6) is -6.40. The molecule has 0 fully saturated rings. The van der Waals surface area contributed by atoms with Gasteiger partial charge in [-0.25, -0.2) is 14.8 Å². The van der Waals surface area contributed by atoms with E-state index in [-0.39, 0.29) is 47.1 Å². The second kappa shape index (κ2) is 7.60. The highest BCUT2D eigenvalue weighted by molar-refractivity contribution is 7.98. The molecule has 1 aliphatic heterocycles. The van der Waals surface area contributed by atoms with E-state index in [1.165, 1.54) is 12.1 Å². The molecular weight excluding hydrogens is 446 g/mol. The first-order valence-corrected chi connectivity index (χ1v) is 11.4. The van der Waals surface area contributed by atoms with Crippen LogP contribution in [-0.4, -0.2) is 39.4 Å². The Kier molecular flexibility index (Phi) is 5.42. The van der Waals surface area contributed by atoms with Crippen LogP contribution in [0.1, 0.15) is 49.6 Å². The maximum Gasteiger partial charge on any atom is 0.410 e. The Morgan fingerprint density at radius 2 is 1.88 bits per heavy atom. The van der Waals surface area contributed by atoms with Gasteiger partial charge in [0.05, 0.1) is 12.2 Å². The molecule has 32 heavy (non-hydrogen) atoms. The number of hydrogen-bond acceptors (Lipinski definition) is 5. The van der Waals surface area contributed by atoms with E-state index >= 15 is 8.78 Å². The van der Waals surface area contributed by atoms with Crippen molar-refractivity contribution >= 4 is 17.9 Å². The van der Waals surface area contributed by atoms with Crippen LogP contribution in [0.2, 0.25) is 0 Å². The summed E-state index contributed by atoms with van der Waals surface area (Å²) in [7, 11) is 0. The number of thioether (sulfide) groups is 1. The fraction of sp³-hybridized carbons (Fsp3) is 0.500. The highest BCUT2D eigenvalue weighted by Crippen LogP contribution is 2.45. The van der Waals surface area contributed by atoms with E-state index in [0.29, 0.717) is 11.1 Å². The summed E-state index contributed by atoms with van der Waals surface area (Å²) in [6.07, 6.45) is 0.553. The monoisotopic (exact) mass is 469 g/mol. The van der Waals surface area contributed by atoms with Crippen molar-refractivity contribution in [1.29, 1.82) is 0 Å². The minimum atomic E-state index is -3.33. The molecule has 2 aliphatic rings. The average Bonchev–Trinajstić information content (AvgIpc) is 3.00. The third-order valence-corrected chi connectivity index (χ3v) is 5.93. The van der Waals surface area contributed by atoms with Crippen molar-refractivity contribution in [2.45, 2.75) is 62.8 Å². The van der Waals surface area contributed by atoms with E-state index in [9.17, 15) is 13.6 Å². The summed E-state index contributed by atoms with van der Waals surface area (Å²) in [5.41, 5.74) is -0.212. The summed E-state index contributed by atoms with van der Waals surface area (Å²) in [6.45, 7) is 4.14. The van der Waals surface area contributed by atoms with Crippen LogP contribution in [0, 0.1) is 0 Å². The summed E-state index contributed by atoms with van der Waals surface area (Å²) >= 11 is 1.12. The lowest BCUT2D eigenvalue weighted by Gasteiger charge is -2.35. The average molecular weight is 470 g/mol. The lowest BCUT2D eigenvalue weighted by Crippen LogP contribution is -2.45. The van der Waals surface area contributed by atoms with Crippen LogP contribution in [0.5, 0.6) is 0 Å². The predicted molar refractivity (Wildman–Crippen MR) is 112 cm³/mol. The molecule has 172 valence electrons. The number of carbonyl (C=O) groups excluding carboxylic acids is 1. The molecule has 1 aliphatic carbocycles. The van der Waals surface area contributed by atoms with Gasteiger partial charge in [0.1, 0.15) is 11.3 Å². The van der Waals surface area contributed by atoms with Crippen molar-refractivity contribution in [1.82, 2.24) is 14.9 Å². The van der Waals surface area contributed by atoms with Crippen molar-refractivity contribution in [3.05, 3.63) is 40.6 Å². The number of carbonyl (C=O) groups is 1. The number of fused-ring (bicyclic) bond motifs is 2. The van der Waals surface area contributed by atoms with Crippen molar-refractivity contribution in [2.24, 2.45) is 0 Å². The molecule has 0 radical (unpaired) electrons. The Morgan fingerprint density at radius 3 is 2.53 bits per heavy atom. The van der Waals surface area contributed by atoms with Gasteiger partial charge in [-0.05, 0) is 45.1 Å². The number of aromatic nitrogens is 2. The van der Waals surface area contributed by atoms with Gasteiger partial charge >= 0.3 is 6.09 Å². The van der Waals surface area contributed by atoms with Gasteiger partial charge in [0, 0.05) is 29.7 Å². The van der Waals surface area contributed by atoms with Gasteiger partial charge in [0.15, 0.2) is 5.16 Å². The molecule has 2 aromatic rings. The third kappa shape index (κ3) is 4.16. The zero-order chi connectivity index (χ0) is 23.5. The molecule has 10 heteroatoms. The third-order valence-electron chi connectivity index (χ3n) is 5.38. The summed E-state index contributed by atoms with van der Waals surface area (Å²) < 4.78 is 64.0. The van der Waals surface area contributed by atoms with Crippen molar-refractivity contribution in [3.8, 4) is 11.3 Å². The van der Waals surface area contributed by atoms with Gasteiger partial charge in [0.2, 0.25) is 0 Å². The van der Waals surface area contributed by atoms with Crippen LogP contribution in [-0.2, 0) is 29.5 Å². The molecule has 0 N–H and O–H groups in total. The normalized spacial score (nSPS) is 18.8. The van der Waals surface area contributed by atoms with E-state index < -0.39 is 30.1 Å². The van der Waals surface area contributed by atoms with Gasteiger partial charge in [0.25, 0.3) is 11.8 Å². The summed E-state index contributed by atoms with van der Waals surface area (Å²) in [5, 5.41) is 0.168. The van der Waals surface area contributed by atoms with E-state index in [2.05, 4.69) is 9.97 Å². The number of ether oxygens (including phenoxy) is 1. The quantitative estimate of drug-likeness (QED) is 0.319. The van der Waals surface area contributed by atoms with Gasteiger partial charge in [-0.3, -0.25) is 4.90 Å². The highest BCUT2D eigenvalue weighted by Gasteiger charge is 2.45. The lowest BCUT2D eigenvalue weighted by atomic mass is 9.92. The zero-order valence-corrected chi connectivity index (χ0v) is 19.0. The summed E-state index contributed by atoms with van der Waals surface area (Å²) in [4.78, 5) is 21.7. The molecule has 0 bridgehead atoms. The largest absolute Gasteiger partial charge is 0.444 e. The van der Waals surface area contributed by atoms with Gasteiger partial charge < -0.3 is 4.74 Å². The molecule has 1 aromatic carbocycles. The first kappa shape index (κ1) is 22.8. The van der Waals surface area contributed by atoms with Crippen LogP contribution in [0.3, 0.4) is 0 Å². The molecule has 0 spiro atoms. The lowest BCUT2D eigenvalue weighted by molar-refractivity contribution is -0.0591. The van der Waals surface area contributed by atoms with Crippen molar-refractivity contribution in [2.75, 3.05) is 12.8 Å². The van der Waals surface area contributed by atoms with Gasteiger partial charge in [-0.2, -0.15) is 17.6 Å². The maximum atomic E-state index is 15.1. The molecule has 1 aromatic heterocycles. The predicted octanol–water partition coefficient (Wildman–Crippen LogP) is 5.75. The number of benzene rings is 1. The van der Waals surface area contributed by atoms with Crippen LogP contribution in [0.4, 0.5) is 22.4 Å². The maximum absolute atomic E-state index is 15.1. The second-order valence-electron chi connectivity index (χ2n) is 9.00. The molecule has 0 saturated heterocycles. The number of alkyl halides is 4. The van der Waals surface area contributed by atoms with Crippen LogP contribution < -0.4 is 0 Å². The molecular formula is C22H23F4N3O2S. The molecule has 0 unspecified atom stereocenters. The van der Waals surface area contributed by atoms with E-state index in [4.69, 9.17) is 4.74 Å². The molecule has 2 heterocycles. The number of hydrogen-bond donors (Lipinski definition) is 0. The van der Waals surface area contributed by atoms with Crippen LogP contribution >= 0.6 is 11.8 Å². The fourth-order valence-corrected chi connectivity index (χ4v) is 4.34. The minimum Gasteiger partial charge on any atom is -0.444 e. The number of amides is 1. The van der Waals surface area contributed by atoms with Crippen LogP contribution in [0.15, 0.2) is 23.4 Å². The molecule has 5 nitrogen and oxygen atoms in total.